The van der Waals surface area contributed by atoms with Crippen LogP contribution in [0.2, 0.25) is 0 Å². The summed E-state index contributed by atoms with van der Waals surface area (Å²) in [4.78, 5) is 12.5. The SMILES string of the molecule is CC(C)(C)C(=O)N1N=C(c2cc(F)ccc2F)SC1(CCCN)c1ccccc1. The molecule has 0 saturated heterocycles. The number of nitrogens with two attached hydrogens (primary N) is 1. The summed E-state index contributed by atoms with van der Waals surface area (Å²) in [5.74, 6) is -1.33. The fraction of sp³-hybridized carbons (Fsp3) is 0.364. The van der Waals surface area contributed by atoms with Gasteiger partial charge in [-0.1, -0.05) is 62.9 Å². The van der Waals surface area contributed by atoms with Crippen molar-refractivity contribution in [3.63, 3.8) is 0 Å². The van der Waals surface area contributed by atoms with Crippen LogP contribution >= 0.6 is 11.8 Å². The first-order valence-corrected chi connectivity index (χ1v) is 10.3. The Hall–Kier alpha value is -2.25. The van der Waals surface area contributed by atoms with E-state index >= 15 is 0 Å². The van der Waals surface area contributed by atoms with Crippen LogP contribution in [0.1, 0.15) is 44.7 Å². The molecule has 3 rings (SSSR count). The first-order chi connectivity index (χ1) is 13.7. The van der Waals surface area contributed by atoms with Crippen LogP contribution in [-0.2, 0) is 9.67 Å². The third-order valence-corrected chi connectivity index (χ3v) is 6.18. The van der Waals surface area contributed by atoms with Crippen LogP contribution in [0.25, 0.3) is 0 Å². The molecule has 0 aromatic heterocycles. The summed E-state index contributed by atoms with van der Waals surface area (Å²) in [6, 6.07) is 12.8. The highest BCUT2D eigenvalue weighted by Gasteiger charge is 2.50. The van der Waals surface area contributed by atoms with Crippen molar-refractivity contribution in [2.24, 2.45) is 16.3 Å². The molecule has 0 saturated carbocycles. The fourth-order valence-electron chi connectivity index (χ4n) is 3.22. The molecule has 1 atom stereocenters. The summed E-state index contributed by atoms with van der Waals surface area (Å²) < 4.78 is 28.3. The maximum absolute atomic E-state index is 14.5. The standard InChI is InChI=1S/C22H25F2N3OS/c1-21(2,3)20(28)27-22(12-7-13-25,15-8-5-4-6-9-15)29-19(26-27)17-14-16(23)10-11-18(17)24/h4-6,8-11,14H,7,12-13,25H2,1-3H3. The summed E-state index contributed by atoms with van der Waals surface area (Å²) in [6.45, 7) is 5.88. The lowest BCUT2D eigenvalue weighted by Crippen LogP contribution is -2.46. The Balaban J connectivity index is 2.18. The van der Waals surface area contributed by atoms with E-state index in [9.17, 15) is 13.6 Å². The Labute approximate surface area is 174 Å². The quantitative estimate of drug-likeness (QED) is 0.757. The molecule has 0 radical (unpaired) electrons. The lowest BCUT2D eigenvalue weighted by Gasteiger charge is -2.38. The molecule has 154 valence electrons. The molecule has 1 unspecified atom stereocenters. The average Bonchev–Trinajstić information content (AvgIpc) is 3.08. The van der Waals surface area contributed by atoms with Crippen LogP contribution in [0.5, 0.6) is 0 Å². The minimum absolute atomic E-state index is 0.0484. The highest BCUT2D eigenvalue weighted by molar-refractivity contribution is 8.15. The second-order valence-electron chi connectivity index (χ2n) is 8.04. The van der Waals surface area contributed by atoms with E-state index in [1.54, 1.807) is 0 Å². The van der Waals surface area contributed by atoms with E-state index in [2.05, 4.69) is 5.10 Å². The van der Waals surface area contributed by atoms with Crippen LogP contribution in [0, 0.1) is 17.0 Å². The summed E-state index contributed by atoms with van der Waals surface area (Å²) in [6.07, 6.45) is 1.17. The Morgan fingerprint density at radius 3 is 2.48 bits per heavy atom. The maximum atomic E-state index is 14.5. The van der Waals surface area contributed by atoms with E-state index in [0.717, 1.165) is 23.8 Å². The van der Waals surface area contributed by atoms with Crippen molar-refractivity contribution in [3.8, 4) is 0 Å². The largest absolute Gasteiger partial charge is 0.330 e. The van der Waals surface area contributed by atoms with Crippen molar-refractivity contribution in [2.45, 2.75) is 38.5 Å². The van der Waals surface area contributed by atoms with E-state index in [-0.39, 0.29) is 16.5 Å². The van der Waals surface area contributed by atoms with Gasteiger partial charge in [0.25, 0.3) is 0 Å². The number of amides is 1. The minimum Gasteiger partial charge on any atom is -0.330 e. The van der Waals surface area contributed by atoms with Gasteiger partial charge in [-0.25, -0.2) is 13.8 Å². The number of rotatable bonds is 5. The predicted octanol–water partition coefficient (Wildman–Crippen LogP) is 4.84. The van der Waals surface area contributed by atoms with Crippen LogP contribution in [-0.4, -0.2) is 22.5 Å². The maximum Gasteiger partial charge on any atom is 0.249 e. The molecule has 2 N–H and O–H groups in total. The Morgan fingerprint density at radius 1 is 1.17 bits per heavy atom. The van der Waals surface area contributed by atoms with E-state index in [1.807, 2.05) is 51.1 Å². The molecule has 4 nitrogen and oxygen atoms in total. The summed E-state index contributed by atoms with van der Waals surface area (Å²) in [5.41, 5.74) is 5.99. The average molecular weight is 418 g/mol. The van der Waals surface area contributed by atoms with E-state index in [4.69, 9.17) is 5.73 Å². The third kappa shape index (κ3) is 4.21. The summed E-state index contributed by atoms with van der Waals surface area (Å²) in [5, 5.41) is 6.25. The molecule has 1 heterocycles. The van der Waals surface area contributed by atoms with Gasteiger partial charge in [-0.3, -0.25) is 4.79 Å². The number of hydrogen-bond acceptors (Lipinski definition) is 4. The van der Waals surface area contributed by atoms with Gasteiger partial charge in [0.2, 0.25) is 5.91 Å². The molecule has 0 bridgehead atoms. The molecule has 1 aliphatic rings. The van der Waals surface area contributed by atoms with Gasteiger partial charge in [-0.2, -0.15) is 5.10 Å². The van der Waals surface area contributed by atoms with Crippen molar-refractivity contribution >= 4 is 22.7 Å². The molecule has 29 heavy (non-hydrogen) atoms. The van der Waals surface area contributed by atoms with Crippen molar-refractivity contribution in [3.05, 3.63) is 71.3 Å². The minimum atomic E-state index is -0.876. The number of carbonyl (C=O) groups excluding carboxylic acids is 1. The Bertz CT molecular complexity index is 927. The highest BCUT2D eigenvalue weighted by Crippen LogP contribution is 2.51. The first-order valence-electron chi connectivity index (χ1n) is 9.52. The van der Waals surface area contributed by atoms with Crippen LogP contribution in [0.15, 0.2) is 53.6 Å². The first kappa shape index (κ1) is 21.5. The number of hydrazone groups is 1. The van der Waals surface area contributed by atoms with Gasteiger partial charge in [0.1, 0.15) is 21.5 Å². The Kier molecular flexibility index (Phi) is 6.10. The normalized spacial score (nSPS) is 19.4. The van der Waals surface area contributed by atoms with Gasteiger partial charge in [0.15, 0.2) is 0 Å². The third-order valence-electron chi connectivity index (χ3n) is 4.74. The number of thioether (sulfide) groups is 1. The summed E-state index contributed by atoms with van der Waals surface area (Å²) in [7, 11) is 0. The summed E-state index contributed by atoms with van der Waals surface area (Å²) >= 11 is 1.27. The fourth-order valence-corrected chi connectivity index (χ4v) is 4.63. The Morgan fingerprint density at radius 2 is 1.86 bits per heavy atom. The van der Waals surface area contributed by atoms with Gasteiger partial charge in [-0.15, -0.1) is 0 Å². The van der Waals surface area contributed by atoms with Crippen LogP contribution in [0.4, 0.5) is 8.78 Å². The highest BCUT2D eigenvalue weighted by atomic mass is 32.2. The molecule has 0 fully saturated rings. The van der Waals surface area contributed by atoms with Crippen molar-refractivity contribution in [1.29, 1.82) is 0 Å². The van der Waals surface area contributed by atoms with Crippen molar-refractivity contribution in [1.82, 2.24) is 5.01 Å². The molecule has 7 heteroatoms. The van der Waals surface area contributed by atoms with Crippen molar-refractivity contribution in [2.75, 3.05) is 6.54 Å². The second kappa shape index (κ2) is 8.24. The van der Waals surface area contributed by atoms with Crippen LogP contribution < -0.4 is 5.73 Å². The monoisotopic (exact) mass is 417 g/mol. The van der Waals surface area contributed by atoms with Gasteiger partial charge < -0.3 is 5.73 Å². The van der Waals surface area contributed by atoms with E-state index in [1.165, 1.54) is 16.8 Å². The molecule has 2 aromatic carbocycles. The molecule has 0 aliphatic carbocycles. The van der Waals surface area contributed by atoms with Gasteiger partial charge in [0.05, 0.1) is 0 Å². The molecular weight excluding hydrogens is 392 g/mol. The predicted molar refractivity (Wildman–Crippen MR) is 113 cm³/mol. The molecule has 1 amide bonds. The van der Waals surface area contributed by atoms with E-state index in [0.29, 0.717) is 19.4 Å². The zero-order valence-corrected chi connectivity index (χ0v) is 17.6. The van der Waals surface area contributed by atoms with Gasteiger partial charge in [-0.05, 0) is 43.1 Å². The lowest BCUT2D eigenvalue weighted by molar-refractivity contribution is -0.143. The number of nitrogens with zero attached hydrogens (tertiary/aromatic N) is 2. The van der Waals surface area contributed by atoms with E-state index < -0.39 is 21.9 Å². The number of hydrogen-bond donors (Lipinski definition) is 1. The molecule has 2 aromatic rings. The topological polar surface area (TPSA) is 58.7 Å². The molecular formula is C22H25F2N3OS. The number of halogens is 2. The molecule has 1 aliphatic heterocycles. The van der Waals surface area contributed by atoms with Crippen LogP contribution in [0.3, 0.4) is 0 Å². The molecule has 0 spiro atoms. The van der Waals surface area contributed by atoms with Gasteiger partial charge in [0, 0.05) is 11.0 Å². The zero-order valence-electron chi connectivity index (χ0n) is 16.8. The lowest BCUT2D eigenvalue weighted by atomic mass is 9.92. The smallest absolute Gasteiger partial charge is 0.249 e. The number of benzene rings is 2. The van der Waals surface area contributed by atoms with Crippen molar-refractivity contribution < 1.29 is 13.6 Å². The van der Waals surface area contributed by atoms with Gasteiger partial charge >= 0.3 is 0 Å². The number of carbonyl (C=O) groups is 1. The zero-order chi connectivity index (χ0) is 21.2. The second-order valence-corrected chi connectivity index (χ2v) is 9.31.